The summed E-state index contributed by atoms with van der Waals surface area (Å²) in [5, 5.41) is 19.5. The Labute approximate surface area is 175 Å². The van der Waals surface area contributed by atoms with Gasteiger partial charge in [-0.2, -0.15) is 0 Å². The molecule has 4 nitrogen and oxygen atoms in total. The van der Waals surface area contributed by atoms with Gasteiger partial charge in [-0.05, 0) is 0 Å². The molecule has 152 valence electrons. The molecule has 1 aromatic heterocycles. The molecule has 4 rings (SSSR count). The van der Waals surface area contributed by atoms with Gasteiger partial charge in [-0.25, -0.2) is 0 Å². The summed E-state index contributed by atoms with van der Waals surface area (Å²) in [6.45, 7) is 2.01. The van der Waals surface area contributed by atoms with Crippen molar-refractivity contribution < 1.29 is 19.3 Å². The van der Waals surface area contributed by atoms with E-state index < -0.39 is 6.10 Å². The minimum atomic E-state index is -0.458. The summed E-state index contributed by atoms with van der Waals surface area (Å²) in [4.78, 5) is 4.62. The average molecular weight is 460 g/mol. The van der Waals surface area contributed by atoms with E-state index in [9.17, 15) is 14.6 Å². The van der Waals surface area contributed by atoms with Crippen molar-refractivity contribution in [3.63, 3.8) is 0 Å². The molecule has 0 saturated carbocycles. The molecule has 0 aliphatic carbocycles. The van der Waals surface area contributed by atoms with Crippen LogP contribution in [0.1, 0.15) is 40.2 Å². The summed E-state index contributed by atoms with van der Waals surface area (Å²) in [7, 11) is 0. The van der Waals surface area contributed by atoms with E-state index in [1.54, 1.807) is 12.1 Å². The van der Waals surface area contributed by atoms with E-state index in [0.717, 1.165) is 26.6 Å². The Morgan fingerprint density at radius 1 is 1.17 bits per heavy atom. The summed E-state index contributed by atoms with van der Waals surface area (Å²) >= 11 is 0.111. The Morgan fingerprint density at radius 3 is 2.72 bits per heavy atom. The SMILES string of the molecule is Cc1ccc(C2CC(O)CC(CO)O2)cc1Cc1ncc(-c2ccc(F)cc2)[se]1. The van der Waals surface area contributed by atoms with Gasteiger partial charge in [-0.15, -0.1) is 0 Å². The second-order valence-electron chi connectivity index (χ2n) is 7.54. The summed E-state index contributed by atoms with van der Waals surface area (Å²) in [6.07, 6.45) is 2.69. The Bertz CT molecular complexity index is 973. The zero-order chi connectivity index (χ0) is 20.4. The van der Waals surface area contributed by atoms with Gasteiger partial charge >= 0.3 is 176 Å². The second-order valence-corrected chi connectivity index (χ2v) is 9.88. The maximum atomic E-state index is 13.2. The fourth-order valence-electron chi connectivity index (χ4n) is 3.71. The van der Waals surface area contributed by atoms with Crippen molar-refractivity contribution in [3.8, 4) is 10.0 Å². The maximum absolute atomic E-state index is 13.2. The monoisotopic (exact) mass is 461 g/mol. The third kappa shape index (κ3) is 4.85. The molecular formula is C23H24FNO3Se. The number of ether oxygens (including phenoxy) is 1. The molecule has 3 unspecified atom stereocenters. The van der Waals surface area contributed by atoms with Crippen LogP contribution in [0.5, 0.6) is 0 Å². The van der Waals surface area contributed by atoms with Gasteiger partial charge in [0, 0.05) is 0 Å². The van der Waals surface area contributed by atoms with Crippen LogP contribution in [0.4, 0.5) is 4.39 Å². The van der Waals surface area contributed by atoms with Crippen LogP contribution in [-0.2, 0) is 11.2 Å². The van der Waals surface area contributed by atoms with Gasteiger partial charge in [-0.3, -0.25) is 0 Å². The van der Waals surface area contributed by atoms with Crippen LogP contribution >= 0.6 is 0 Å². The van der Waals surface area contributed by atoms with Gasteiger partial charge in [0.15, 0.2) is 0 Å². The van der Waals surface area contributed by atoms with Gasteiger partial charge in [0.1, 0.15) is 0 Å². The summed E-state index contributed by atoms with van der Waals surface area (Å²) in [5.41, 5.74) is 4.44. The summed E-state index contributed by atoms with van der Waals surface area (Å²) in [6, 6.07) is 12.8. The van der Waals surface area contributed by atoms with Gasteiger partial charge in [0.05, 0.1) is 0 Å². The van der Waals surface area contributed by atoms with Gasteiger partial charge in [0.25, 0.3) is 0 Å². The fraction of sp³-hybridized carbons (Fsp3) is 0.348. The van der Waals surface area contributed by atoms with Crippen LogP contribution in [-0.4, -0.2) is 48.5 Å². The number of aromatic nitrogens is 1. The van der Waals surface area contributed by atoms with Crippen molar-refractivity contribution in [2.45, 2.75) is 44.5 Å². The first kappa shape index (κ1) is 20.5. The van der Waals surface area contributed by atoms with E-state index >= 15 is 0 Å². The number of benzene rings is 2. The molecule has 0 amide bonds. The number of aryl methyl sites for hydroxylation is 1. The van der Waals surface area contributed by atoms with Gasteiger partial charge in [0.2, 0.25) is 0 Å². The molecule has 0 spiro atoms. The third-order valence-electron chi connectivity index (χ3n) is 5.35. The zero-order valence-electron chi connectivity index (χ0n) is 16.2. The second kappa shape index (κ2) is 8.90. The summed E-state index contributed by atoms with van der Waals surface area (Å²) in [5.74, 6) is -0.230. The molecule has 2 heterocycles. The normalized spacial score (nSPS) is 22.0. The Kier molecular flexibility index (Phi) is 6.28. The van der Waals surface area contributed by atoms with E-state index in [0.29, 0.717) is 12.8 Å². The molecular weight excluding hydrogens is 436 g/mol. The van der Waals surface area contributed by atoms with Crippen molar-refractivity contribution in [1.29, 1.82) is 0 Å². The average Bonchev–Trinajstić information content (AvgIpc) is 3.18. The van der Waals surface area contributed by atoms with Crippen molar-refractivity contribution >= 4 is 14.5 Å². The van der Waals surface area contributed by atoms with E-state index in [4.69, 9.17) is 4.74 Å². The molecule has 29 heavy (non-hydrogen) atoms. The quantitative estimate of drug-likeness (QED) is 0.573. The molecule has 0 radical (unpaired) electrons. The number of halogens is 1. The van der Waals surface area contributed by atoms with E-state index in [1.165, 1.54) is 23.3 Å². The van der Waals surface area contributed by atoms with E-state index in [2.05, 4.69) is 24.0 Å². The van der Waals surface area contributed by atoms with Gasteiger partial charge < -0.3 is 0 Å². The number of hydrogen-bond acceptors (Lipinski definition) is 4. The van der Waals surface area contributed by atoms with Crippen molar-refractivity contribution in [2.24, 2.45) is 0 Å². The predicted molar refractivity (Wildman–Crippen MR) is 110 cm³/mol. The third-order valence-corrected chi connectivity index (χ3v) is 7.55. The first-order valence-electron chi connectivity index (χ1n) is 9.76. The first-order chi connectivity index (χ1) is 14.0. The molecule has 1 fully saturated rings. The van der Waals surface area contributed by atoms with Crippen LogP contribution in [0, 0.1) is 12.7 Å². The van der Waals surface area contributed by atoms with Crippen molar-refractivity contribution in [1.82, 2.24) is 4.98 Å². The molecule has 3 aromatic rings. The molecule has 6 heteroatoms. The molecule has 3 atom stereocenters. The number of aliphatic hydroxyl groups is 2. The van der Waals surface area contributed by atoms with E-state index in [1.807, 2.05) is 12.3 Å². The van der Waals surface area contributed by atoms with E-state index in [-0.39, 0.29) is 39.1 Å². The molecule has 1 saturated heterocycles. The number of aliphatic hydroxyl groups excluding tert-OH is 2. The molecule has 2 aromatic carbocycles. The Morgan fingerprint density at radius 2 is 1.97 bits per heavy atom. The molecule has 1 aliphatic rings. The molecule has 1 aliphatic heterocycles. The van der Waals surface area contributed by atoms with Gasteiger partial charge in [-0.1, -0.05) is 0 Å². The minimum absolute atomic E-state index is 0.0799. The molecule has 2 N–H and O–H groups in total. The summed E-state index contributed by atoms with van der Waals surface area (Å²) < 4.78 is 21.4. The predicted octanol–water partition coefficient (Wildman–Crippen LogP) is 3.42. The van der Waals surface area contributed by atoms with Crippen LogP contribution < -0.4 is 0 Å². The number of nitrogens with zero attached hydrogens (tertiary/aromatic N) is 1. The van der Waals surface area contributed by atoms with Crippen molar-refractivity contribution in [2.75, 3.05) is 6.61 Å². The standard InChI is InChI=1S/C23H24FNO3Se/c1-14-2-3-16(21-11-19(27)10-20(13-26)28-21)8-17(14)9-23-25-12-22(29-23)15-4-6-18(24)7-5-15/h2-8,12,19-21,26-27H,9-11,13H2,1H3. The topological polar surface area (TPSA) is 62.6 Å². The van der Waals surface area contributed by atoms with Crippen LogP contribution in [0.3, 0.4) is 0 Å². The Hall–Kier alpha value is -1.82. The Balaban J connectivity index is 1.53. The van der Waals surface area contributed by atoms with Crippen LogP contribution in [0.15, 0.2) is 48.7 Å². The number of hydrogen-bond donors (Lipinski definition) is 2. The van der Waals surface area contributed by atoms with Crippen LogP contribution in [0.2, 0.25) is 0 Å². The van der Waals surface area contributed by atoms with Crippen molar-refractivity contribution in [3.05, 3.63) is 75.7 Å². The fourth-order valence-corrected chi connectivity index (χ4v) is 5.69. The molecule has 0 bridgehead atoms. The van der Waals surface area contributed by atoms with Crippen LogP contribution in [0.25, 0.3) is 10.0 Å². The number of rotatable bonds is 5. The first-order valence-corrected chi connectivity index (χ1v) is 11.5. The zero-order valence-corrected chi connectivity index (χ0v) is 17.9.